The number of nitrogens with two attached hydrogens (primary N) is 1. The number of hydrogen-bond donors (Lipinski definition) is 2. The van der Waals surface area contributed by atoms with Gasteiger partial charge in [-0.2, -0.15) is 0 Å². The van der Waals surface area contributed by atoms with Crippen molar-refractivity contribution in [1.29, 1.82) is 0 Å². The fourth-order valence-electron chi connectivity index (χ4n) is 2.60. The van der Waals surface area contributed by atoms with Crippen LogP contribution in [0.15, 0.2) is 64.1 Å². The summed E-state index contributed by atoms with van der Waals surface area (Å²) in [5, 5.41) is 17.6. The van der Waals surface area contributed by atoms with E-state index in [0.29, 0.717) is 22.5 Å². The second-order valence-electron chi connectivity index (χ2n) is 6.49. The van der Waals surface area contributed by atoms with Gasteiger partial charge in [-0.25, -0.2) is 4.99 Å². The summed E-state index contributed by atoms with van der Waals surface area (Å²) >= 11 is 0. The van der Waals surface area contributed by atoms with E-state index in [1.54, 1.807) is 44.4 Å². The Hall–Kier alpha value is -3.94. The Morgan fingerprint density at radius 2 is 1.83 bits per heavy atom. The maximum absolute atomic E-state index is 12.0. The summed E-state index contributed by atoms with van der Waals surface area (Å²) in [6, 6.07) is 13.6. The van der Waals surface area contributed by atoms with Crippen molar-refractivity contribution in [3.8, 4) is 17.2 Å². The van der Waals surface area contributed by atoms with Crippen LogP contribution in [0.3, 0.4) is 0 Å². The molecule has 0 spiro atoms. The summed E-state index contributed by atoms with van der Waals surface area (Å²) in [4.78, 5) is 18.0. The second kappa shape index (κ2) is 8.39. The smallest absolute Gasteiger partial charge is 0.268 e. The van der Waals surface area contributed by atoms with Crippen molar-refractivity contribution in [3.05, 3.63) is 71.7 Å². The summed E-state index contributed by atoms with van der Waals surface area (Å²) in [5.41, 5.74) is 8.70. The highest BCUT2D eigenvalue weighted by Gasteiger charge is 2.14. The molecule has 8 nitrogen and oxygen atoms in total. The van der Waals surface area contributed by atoms with Crippen molar-refractivity contribution in [2.24, 2.45) is 10.7 Å². The number of hydrogen-bond acceptors (Lipinski definition) is 7. The highest BCUT2D eigenvalue weighted by atomic mass is 16.4. The zero-order chi connectivity index (χ0) is 21.0. The number of carbonyl (C=O) groups excluding carboxylic acids is 1. The first-order valence-corrected chi connectivity index (χ1v) is 8.81. The van der Waals surface area contributed by atoms with Gasteiger partial charge in [-0.05, 0) is 42.8 Å². The van der Waals surface area contributed by atoms with Crippen molar-refractivity contribution in [3.63, 3.8) is 0 Å². The summed E-state index contributed by atoms with van der Waals surface area (Å²) in [6.07, 6.45) is 1.28. The summed E-state index contributed by atoms with van der Waals surface area (Å²) in [6.45, 7) is 1.82. The molecule has 0 radical (unpaired) electrons. The van der Waals surface area contributed by atoms with Gasteiger partial charge in [-0.1, -0.05) is 18.2 Å². The lowest BCUT2D eigenvalue weighted by Gasteiger charge is -2.10. The topological polar surface area (TPSA) is 118 Å². The lowest BCUT2D eigenvalue weighted by atomic mass is 10.1. The Morgan fingerprint density at radius 3 is 2.45 bits per heavy atom. The minimum atomic E-state index is -0.0703. The van der Waals surface area contributed by atoms with E-state index in [-0.39, 0.29) is 23.4 Å². The van der Waals surface area contributed by atoms with E-state index in [9.17, 15) is 9.90 Å². The van der Waals surface area contributed by atoms with Gasteiger partial charge in [0, 0.05) is 37.1 Å². The summed E-state index contributed by atoms with van der Waals surface area (Å²) in [5.74, 6) is 0.431. The molecule has 0 aliphatic heterocycles. The molecule has 3 aromatic rings. The van der Waals surface area contributed by atoms with Crippen LogP contribution in [0.4, 0.5) is 0 Å². The largest absolute Gasteiger partial charge is 0.508 e. The number of amides is 1. The van der Waals surface area contributed by atoms with Gasteiger partial charge in [0.1, 0.15) is 11.4 Å². The third-order valence-electron chi connectivity index (χ3n) is 4.14. The van der Waals surface area contributed by atoms with Gasteiger partial charge in [0.25, 0.3) is 11.8 Å². The standard InChI is InChI=1S/C21H21N5O3/c1-13(14-7-9-15(10-8-14)21(28)26(2)3)23-18(12-22)20-25-24-19(29-20)16-5-4-6-17(27)11-16/h4-12,27H,22H2,1-3H3/b18-12-,23-13+. The first kappa shape index (κ1) is 19.8. The Labute approximate surface area is 168 Å². The fraction of sp³-hybridized carbons (Fsp3) is 0.143. The minimum absolute atomic E-state index is 0.0703. The van der Waals surface area contributed by atoms with Gasteiger partial charge in [-0.3, -0.25) is 4.79 Å². The van der Waals surface area contributed by atoms with Crippen LogP contribution >= 0.6 is 0 Å². The predicted molar refractivity (Wildman–Crippen MR) is 110 cm³/mol. The Balaban J connectivity index is 1.84. The molecular weight excluding hydrogens is 370 g/mol. The van der Waals surface area contributed by atoms with Crippen LogP contribution in [0.25, 0.3) is 17.2 Å². The molecule has 0 aliphatic carbocycles. The van der Waals surface area contributed by atoms with Crippen molar-refractivity contribution in [2.45, 2.75) is 6.92 Å². The van der Waals surface area contributed by atoms with Crippen LogP contribution in [-0.2, 0) is 0 Å². The van der Waals surface area contributed by atoms with Crippen LogP contribution in [0.2, 0.25) is 0 Å². The van der Waals surface area contributed by atoms with E-state index in [1.165, 1.54) is 17.2 Å². The lowest BCUT2D eigenvalue weighted by molar-refractivity contribution is 0.0827. The van der Waals surface area contributed by atoms with Crippen LogP contribution in [0, 0.1) is 0 Å². The molecule has 0 fully saturated rings. The van der Waals surface area contributed by atoms with E-state index >= 15 is 0 Å². The van der Waals surface area contributed by atoms with Gasteiger partial charge in [0.15, 0.2) is 0 Å². The Morgan fingerprint density at radius 1 is 1.14 bits per heavy atom. The molecule has 3 N–H and O–H groups in total. The second-order valence-corrected chi connectivity index (χ2v) is 6.49. The molecule has 148 valence electrons. The number of aliphatic imine (C=N–C) groups is 1. The zero-order valence-electron chi connectivity index (χ0n) is 16.3. The van der Waals surface area contributed by atoms with E-state index in [4.69, 9.17) is 10.2 Å². The molecule has 3 rings (SSSR count). The average molecular weight is 391 g/mol. The van der Waals surface area contributed by atoms with Gasteiger partial charge >= 0.3 is 0 Å². The number of rotatable bonds is 5. The number of phenols is 1. The maximum atomic E-state index is 12.0. The first-order valence-electron chi connectivity index (χ1n) is 8.81. The molecule has 2 aromatic carbocycles. The molecule has 0 bridgehead atoms. The molecule has 0 aliphatic rings. The number of aromatic hydroxyl groups is 1. The number of carbonyl (C=O) groups is 1. The van der Waals surface area contributed by atoms with Crippen molar-refractivity contribution in [1.82, 2.24) is 15.1 Å². The van der Waals surface area contributed by atoms with Crippen LogP contribution in [0.1, 0.15) is 28.7 Å². The quantitative estimate of drug-likeness (QED) is 0.646. The molecule has 1 amide bonds. The maximum Gasteiger partial charge on any atom is 0.268 e. The summed E-state index contributed by atoms with van der Waals surface area (Å²) in [7, 11) is 3.41. The molecule has 0 saturated heterocycles. The molecule has 1 aromatic heterocycles. The molecule has 1 heterocycles. The highest BCUT2D eigenvalue weighted by Crippen LogP contribution is 2.24. The van der Waals surface area contributed by atoms with Crippen molar-refractivity contribution < 1.29 is 14.3 Å². The van der Waals surface area contributed by atoms with E-state index in [2.05, 4.69) is 15.2 Å². The molecule has 0 saturated carbocycles. The third-order valence-corrected chi connectivity index (χ3v) is 4.14. The van der Waals surface area contributed by atoms with E-state index in [0.717, 1.165) is 5.56 Å². The van der Waals surface area contributed by atoms with Gasteiger partial charge in [-0.15, -0.1) is 10.2 Å². The van der Waals surface area contributed by atoms with E-state index in [1.807, 2.05) is 19.1 Å². The third kappa shape index (κ3) is 4.49. The van der Waals surface area contributed by atoms with Crippen molar-refractivity contribution >= 4 is 17.3 Å². The zero-order valence-corrected chi connectivity index (χ0v) is 16.3. The lowest BCUT2D eigenvalue weighted by Crippen LogP contribution is -2.21. The van der Waals surface area contributed by atoms with Crippen molar-refractivity contribution in [2.75, 3.05) is 14.1 Å². The average Bonchev–Trinajstić information content (AvgIpc) is 3.21. The molecular formula is C21H21N5O3. The highest BCUT2D eigenvalue weighted by molar-refractivity contribution is 6.02. The number of benzene rings is 2. The van der Waals surface area contributed by atoms with Crippen LogP contribution < -0.4 is 5.73 Å². The minimum Gasteiger partial charge on any atom is -0.508 e. The normalized spacial score (nSPS) is 12.1. The number of nitrogens with zero attached hydrogens (tertiary/aromatic N) is 4. The first-order chi connectivity index (χ1) is 13.9. The van der Waals surface area contributed by atoms with Crippen LogP contribution in [0.5, 0.6) is 5.75 Å². The monoisotopic (exact) mass is 391 g/mol. The number of phenolic OH excluding ortho intramolecular Hbond substituents is 1. The SMILES string of the molecule is C/C(=N\C(=C/N)c1nnc(-c2cccc(O)c2)o1)c1ccc(C(=O)N(C)C)cc1. The summed E-state index contributed by atoms with van der Waals surface area (Å²) < 4.78 is 5.65. The van der Waals surface area contributed by atoms with Crippen LogP contribution in [-0.4, -0.2) is 45.9 Å². The van der Waals surface area contributed by atoms with E-state index < -0.39 is 0 Å². The van der Waals surface area contributed by atoms with Gasteiger partial charge < -0.3 is 20.2 Å². The fourth-order valence-corrected chi connectivity index (χ4v) is 2.60. The van der Waals surface area contributed by atoms with Gasteiger partial charge in [0.2, 0.25) is 5.89 Å². The molecule has 0 unspecified atom stereocenters. The Kier molecular flexibility index (Phi) is 5.73. The molecule has 8 heteroatoms. The molecule has 29 heavy (non-hydrogen) atoms. The predicted octanol–water partition coefficient (Wildman–Crippen LogP) is 2.91. The Bertz CT molecular complexity index is 1080. The molecule has 0 atom stereocenters. The number of aromatic nitrogens is 2. The van der Waals surface area contributed by atoms with Gasteiger partial charge in [0.05, 0.1) is 0 Å².